The molecule has 1 fully saturated rings. The zero-order chi connectivity index (χ0) is 18.4. The molecule has 0 aliphatic carbocycles. The van der Waals surface area contributed by atoms with Crippen molar-refractivity contribution in [2.24, 2.45) is 0 Å². The smallest absolute Gasteiger partial charge is 0.258 e. The number of hydrogen-bond acceptors (Lipinski definition) is 4. The normalized spacial score (nSPS) is 16.5. The van der Waals surface area contributed by atoms with Crippen molar-refractivity contribution in [1.82, 2.24) is 19.3 Å². The fraction of sp³-hybridized carbons (Fsp3) is 0.333. The van der Waals surface area contributed by atoms with Crippen LogP contribution in [0, 0.1) is 6.92 Å². The fourth-order valence-electron chi connectivity index (χ4n) is 4.40. The van der Waals surface area contributed by atoms with Gasteiger partial charge in [0, 0.05) is 40.8 Å². The number of aromatic amines is 1. The lowest BCUT2D eigenvalue weighted by atomic mass is 9.87. The fourth-order valence-corrected chi connectivity index (χ4v) is 5.14. The van der Waals surface area contributed by atoms with Gasteiger partial charge < -0.3 is 4.98 Å². The Hall–Kier alpha value is -2.44. The third kappa shape index (κ3) is 2.99. The Morgan fingerprint density at radius 3 is 2.93 bits per heavy atom. The molecule has 5 nitrogen and oxygen atoms in total. The molecule has 1 aliphatic heterocycles. The number of hydrogen-bond donors (Lipinski definition) is 1. The van der Waals surface area contributed by atoms with Gasteiger partial charge in [-0.1, -0.05) is 18.2 Å². The van der Waals surface area contributed by atoms with Crippen molar-refractivity contribution in [3.8, 4) is 0 Å². The van der Waals surface area contributed by atoms with E-state index in [4.69, 9.17) is 0 Å². The Bertz CT molecular complexity index is 1160. The Morgan fingerprint density at radius 1 is 1.26 bits per heavy atom. The summed E-state index contributed by atoms with van der Waals surface area (Å²) >= 11 is 1.51. The lowest BCUT2D eigenvalue weighted by Gasteiger charge is -2.32. The van der Waals surface area contributed by atoms with E-state index >= 15 is 0 Å². The van der Waals surface area contributed by atoms with Crippen LogP contribution in [0.1, 0.15) is 35.7 Å². The average molecular weight is 379 g/mol. The lowest BCUT2D eigenvalue weighted by molar-refractivity contribution is 0.203. The predicted molar refractivity (Wildman–Crippen MR) is 110 cm³/mol. The largest absolute Gasteiger partial charge is 0.358 e. The standard InChI is InChI=1S/C21H22N4OS/c1-14-20(17-4-2-3-5-18(17)22-14)15-6-8-24(9-7-15)13-16-12-19(26)25-10-11-27-21(25)23-16/h2-5,10-12,15,22H,6-9,13H2,1H3. The minimum atomic E-state index is 0.0144. The van der Waals surface area contributed by atoms with E-state index in [9.17, 15) is 4.79 Å². The van der Waals surface area contributed by atoms with E-state index in [0.717, 1.165) is 43.1 Å². The highest BCUT2D eigenvalue weighted by Crippen LogP contribution is 2.35. The molecule has 5 rings (SSSR count). The molecular formula is C21H22N4OS. The molecule has 0 saturated carbocycles. The van der Waals surface area contributed by atoms with Gasteiger partial charge in [0.05, 0.1) is 5.69 Å². The van der Waals surface area contributed by atoms with Crippen molar-refractivity contribution >= 4 is 27.2 Å². The van der Waals surface area contributed by atoms with E-state index < -0.39 is 0 Å². The third-order valence-corrected chi connectivity index (χ3v) is 6.44. The van der Waals surface area contributed by atoms with E-state index in [1.165, 1.54) is 33.5 Å². The maximum atomic E-state index is 12.2. The zero-order valence-corrected chi connectivity index (χ0v) is 16.1. The van der Waals surface area contributed by atoms with Gasteiger partial charge in [-0.25, -0.2) is 4.98 Å². The number of para-hydroxylation sites is 1. The van der Waals surface area contributed by atoms with Crippen LogP contribution in [-0.2, 0) is 6.54 Å². The molecule has 1 N–H and O–H groups in total. The molecule has 0 spiro atoms. The summed E-state index contributed by atoms with van der Waals surface area (Å²) in [6, 6.07) is 10.3. The minimum Gasteiger partial charge on any atom is -0.358 e. The maximum Gasteiger partial charge on any atom is 0.258 e. The summed E-state index contributed by atoms with van der Waals surface area (Å²) in [4.78, 5) is 23.6. The minimum absolute atomic E-state index is 0.0144. The van der Waals surface area contributed by atoms with Gasteiger partial charge in [-0.3, -0.25) is 14.1 Å². The number of likely N-dealkylation sites (tertiary alicyclic amines) is 1. The van der Waals surface area contributed by atoms with Gasteiger partial charge in [-0.2, -0.15) is 0 Å². The number of fused-ring (bicyclic) bond motifs is 2. The van der Waals surface area contributed by atoms with Gasteiger partial charge in [-0.05, 0) is 50.4 Å². The molecule has 3 aromatic heterocycles. The molecule has 1 aromatic carbocycles. The number of aryl methyl sites for hydroxylation is 1. The number of rotatable bonds is 3. The highest BCUT2D eigenvalue weighted by atomic mass is 32.1. The first-order chi connectivity index (χ1) is 13.2. The summed E-state index contributed by atoms with van der Waals surface area (Å²) in [6.45, 7) is 5.02. The number of nitrogens with zero attached hydrogens (tertiary/aromatic N) is 3. The SMILES string of the molecule is Cc1[nH]c2ccccc2c1C1CCN(Cc2cc(=O)n3ccsc3n2)CC1. The third-order valence-electron chi connectivity index (χ3n) is 5.68. The van der Waals surface area contributed by atoms with Crippen molar-refractivity contribution in [2.75, 3.05) is 13.1 Å². The number of H-pyrrole nitrogens is 1. The molecule has 138 valence electrons. The Balaban J connectivity index is 1.32. The summed E-state index contributed by atoms with van der Waals surface area (Å²) in [7, 11) is 0. The summed E-state index contributed by atoms with van der Waals surface area (Å²) < 4.78 is 1.61. The van der Waals surface area contributed by atoms with Crippen molar-refractivity contribution in [3.63, 3.8) is 0 Å². The molecular weight excluding hydrogens is 356 g/mol. The van der Waals surface area contributed by atoms with Gasteiger partial charge in [0.1, 0.15) is 0 Å². The highest BCUT2D eigenvalue weighted by Gasteiger charge is 2.24. The first kappa shape index (κ1) is 16.7. The zero-order valence-electron chi connectivity index (χ0n) is 15.3. The summed E-state index contributed by atoms with van der Waals surface area (Å²) in [6.07, 6.45) is 4.07. The van der Waals surface area contributed by atoms with Crippen LogP contribution in [0.4, 0.5) is 0 Å². The summed E-state index contributed by atoms with van der Waals surface area (Å²) in [5.74, 6) is 0.593. The molecule has 4 aromatic rings. The summed E-state index contributed by atoms with van der Waals surface area (Å²) in [5.41, 5.74) is 4.92. The molecule has 1 aliphatic rings. The second-order valence-electron chi connectivity index (χ2n) is 7.40. The van der Waals surface area contributed by atoms with Gasteiger partial charge in [-0.15, -0.1) is 11.3 Å². The summed E-state index contributed by atoms with van der Waals surface area (Å²) in [5, 5.41) is 3.27. The molecule has 0 amide bonds. The van der Waals surface area contributed by atoms with Crippen LogP contribution in [-0.4, -0.2) is 32.4 Å². The number of thiazole rings is 1. The van der Waals surface area contributed by atoms with E-state index in [1.54, 1.807) is 16.7 Å². The molecule has 27 heavy (non-hydrogen) atoms. The van der Waals surface area contributed by atoms with E-state index in [2.05, 4.69) is 46.1 Å². The number of benzene rings is 1. The van der Waals surface area contributed by atoms with E-state index in [0.29, 0.717) is 5.92 Å². The molecule has 0 bridgehead atoms. The maximum absolute atomic E-state index is 12.2. The average Bonchev–Trinajstić information content (AvgIpc) is 3.26. The van der Waals surface area contributed by atoms with Crippen LogP contribution in [0.2, 0.25) is 0 Å². The van der Waals surface area contributed by atoms with Gasteiger partial charge in [0.2, 0.25) is 0 Å². The Labute approximate surface area is 161 Å². The van der Waals surface area contributed by atoms with E-state index in [-0.39, 0.29) is 5.56 Å². The van der Waals surface area contributed by atoms with Crippen LogP contribution < -0.4 is 5.56 Å². The van der Waals surface area contributed by atoms with Crippen molar-refractivity contribution in [3.05, 3.63) is 69.2 Å². The van der Waals surface area contributed by atoms with Crippen LogP contribution >= 0.6 is 11.3 Å². The molecule has 1 saturated heterocycles. The highest BCUT2D eigenvalue weighted by molar-refractivity contribution is 7.15. The van der Waals surface area contributed by atoms with Gasteiger partial charge in [0.25, 0.3) is 5.56 Å². The first-order valence-electron chi connectivity index (χ1n) is 9.44. The first-order valence-corrected chi connectivity index (χ1v) is 10.3. The Kier molecular flexibility index (Phi) is 4.10. The van der Waals surface area contributed by atoms with Crippen molar-refractivity contribution in [1.29, 1.82) is 0 Å². The Morgan fingerprint density at radius 2 is 2.07 bits per heavy atom. The van der Waals surface area contributed by atoms with Gasteiger partial charge in [0.15, 0.2) is 4.96 Å². The van der Waals surface area contributed by atoms with Crippen LogP contribution in [0.25, 0.3) is 15.9 Å². The van der Waals surface area contributed by atoms with Crippen LogP contribution in [0.3, 0.4) is 0 Å². The van der Waals surface area contributed by atoms with Crippen molar-refractivity contribution < 1.29 is 0 Å². The van der Waals surface area contributed by atoms with Crippen LogP contribution in [0.5, 0.6) is 0 Å². The van der Waals surface area contributed by atoms with Crippen molar-refractivity contribution in [2.45, 2.75) is 32.2 Å². The number of aromatic nitrogens is 3. The van der Waals surface area contributed by atoms with Crippen LogP contribution in [0.15, 0.2) is 46.7 Å². The second-order valence-corrected chi connectivity index (χ2v) is 8.27. The molecule has 4 heterocycles. The quantitative estimate of drug-likeness (QED) is 0.588. The second kappa shape index (κ2) is 6.62. The lowest BCUT2D eigenvalue weighted by Crippen LogP contribution is -2.33. The molecule has 0 unspecified atom stereocenters. The number of piperidine rings is 1. The topological polar surface area (TPSA) is 53.4 Å². The molecule has 0 atom stereocenters. The molecule has 6 heteroatoms. The predicted octanol–water partition coefficient (Wildman–Crippen LogP) is 3.93. The van der Waals surface area contributed by atoms with E-state index in [1.807, 2.05) is 5.38 Å². The molecule has 0 radical (unpaired) electrons. The van der Waals surface area contributed by atoms with Gasteiger partial charge >= 0.3 is 0 Å². The monoisotopic (exact) mass is 378 g/mol. The number of nitrogens with one attached hydrogen (secondary N) is 1.